The van der Waals surface area contributed by atoms with E-state index in [0.29, 0.717) is 5.92 Å². The number of hydrogen-bond donors (Lipinski definition) is 0. The van der Waals surface area contributed by atoms with Gasteiger partial charge in [-0.25, -0.2) is 4.98 Å². The first-order chi connectivity index (χ1) is 7.00. The lowest BCUT2D eigenvalue weighted by Crippen LogP contribution is -1.86. The minimum atomic E-state index is 0.330. The molecule has 0 aliphatic heterocycles. The number of rotatable bonds is 1. The molecule has 0 amide bonds. The van der Waals surface area contributed by atoms with Crippen LogP contribution in [0.1, 0.15) is 36.8 Å². The molecule has 15 heavy (non-hydrogen) atoms. The van der Waals surface area contributed by atoms with Crippen LogP contribution in [0, 0.1) is 13.8 Å². The third kappa shape index (κ3) is 1.69. The Labute approximate surface area is 97.8 Å². The van der Waals surface area contributed by atoms with Gasteiger partial charge in [0.05, 0.1) is 0 Å². The number of halogens is 1. The van der Waals surface area contributed by atoms with E-state index in [9.17, 15) is 0 Å². The zero-order valence-electron chi connectivity index (χ0n) is 9.39. The summed E-state index contributed by atoms with van der Waals surface area (Å²) in [6.45, 7) is 8.30. The van der Waals surface area contributed by atoms with Gasteiger partial charge in [-0.3, -0.25) is 0 Å². The van der Waals surface area contributed by atoms with E-state index in [1.807, 2.05) is 6.07 Å². The maximum Gasteiger partial charge on any atom is 0.198 e. The average molecular weight is 268 g/mol. The summed E-state index contributed by atoms with van der Waals surface area (Å²) in [6, 6.07) is 2.03. The Bertz CT molecular complexity index is 514. The third-order valence-electron chi connectivity index (χ3n) is 2.54. The monoisotopic (exact) mass is 267 g/mol. The summed E-state index contributed by atoms with van der Waals surface area (Å²) in [6.07, 6.45) is 0. The Morgan fingerprint density at radius 1 is 1.33 bits per heavy atom. The van der Waals surface area contributed by atoms with Crippen molar-refractivity contribution >= 4 is 27.0 Å². The molecule has 1 aromatic heterocycles. The fourth-order valence-electron chi connectivity index (χ4n) is 1.62. The zero-order valence-corrected chi connectivity index (χ0v) is 11.0. The van der Waals surface area contributed by atoms with Crippen LogP contribution in [-0.2, 0) is 0 Å². The molecule has 80 valence electrons. The molecule has 0 unspecified atom stereocenters. The Kier molecular flexibility index (Phi) is 2.59. The number of fused-ring (bicyclic) bond motifs is 1. The van der Waals surface area contributed by atoms with Crippen LogP contribution < -0.4 is 0 Å². The normalized spacial score (nSPS) is 11.6. The van der Waals surface area contributed by atoms with E-state index in [1.54, 1.807) is 0 Å². The van der Waals surface area contributed by atoms with E-state index in [-0.39, 0.29) is 0 Å². The SMILES string of the molecule is Cc1cc2oc(C(C)C)nc2c(C)c1Br. The highest BCUT2D eigenvalue weighted by atomic mass is 79.9. The van der Waals surface area contributed by atoms with Crippen molar-refractivity contribution < 1.29 is 4.42 Å². The van der Waals surface area contributed by atoms with Crippen LogP contribution in [0.4, 0.5) is 0 Å². The van der Waals surface area contributed by atoms with Crippen LogP contribution in [0.15, 0.2) is 15.0 Å². The van der Waals surface area contributed by atoms with Gasteiger partial charge >= 0.3 is 0 Å². The van der Waals surface area contributed by atoms with Gasteiger partial charge in [-0.1, -0.05) is 29.8 Å². The summed E-state index contributed by atoms with van der Waals surface area (Å²) in [5.74, 6) is 1.14. The fourth-order valence-corrected chi connectivity index (χ4v) is 1.92. The lowest BCUT2D eigenvalue weighted by atomic mass is 10.1. The molecule has 2 rings (SSSR count). The highest BCUT2D eigenvalue weighted by molar-refractivity contribution is 9.10. The fraction of sp³-hybridized carbons (Fsp3) is 0.417. The molecule has 0 atom stereocenters. The van der Waals surface area contributed by atoms with Crippen molar-refractivity contribution in [3.05, 3.63) is 27.6 Å². The largest absolute Gasteiger partial charge is 0.440 e. The number of benzene rings is 1. The summed E-state index contributed by atoms with van der Waals surface area (Å²) >= 11 is 3.56. The molecule has 2 aromatic rings. The summed E-state index contributed by atoms with van der Waals surface area (Å²) < 4.78 is 6.84. The molecule has 0 saturated heterocycles. The molecular weight excluding hydrogens is 254 g/mol. The van der Waals surface area contributed by atoms with Gasteiger partial charge in [0.25, 0.3) is 0 Å². The molecule has 0 fully saturated rings. The Hall–Kier alpha value is -0.830. The van der Waals surface area contributed by atoms with Crippen molar-refractivity contribution in [1.82, 2.24) is 4.98 Å². The van der Waals surface area contributed by atoms with E-state index in [4.69, 9.17) is 4.42 Å². The number of hydrogen-bond acceptors (Lipinski definition) is 2. The highest BCUT2D eigenvalue weighted by Gasteiger charge is 2.13. The van der Waals surface area contributed by atoms with Crippen LogP contribution in [0.3, 0.4) is 0 Å². The molecule has 0 aliphatic carbocycles. The zero-order chi connectivity index (χ0) is 11.2. The van der Waals surface area contributed by atoms with Gasteiger partial charge in [-0.2, -0.15) is 0 Å². The minimum Gasteiger partial charge on any atom is -0.440 e. The molecule has 0 N–H and O–H groups in total. The van der Waals surface area contributed by atoms with Crippen molar-refractivity contribution in [3.8, 4) is 0 Å². The van der Waals surface area contributed by atoms with Gasteiger partial charge in [0.15, 0.2) is 11.5 Å². The molecule has 0 saturated carbocycles. The molecule has 3 heteroatoms. The summed E-state index contributed by atoms with van der Waals surface area (Å²) in [5.41, 5.74) is 4.19. The summed E-state index contributed by atoms with van der Waals surface area (Å²) in [4.78, 5) is 4.52. The number of aryl methyl sites for hydroxylation is 2. The summed E-state index contributed by atoms with van der Waals surface area (Å²) in [7, 11) is 0. The maximum atomic E-state index is 5.71. The van der Waals surface area contributed by atoms with E-state index in [1.165, 1.54) is 5.56 Å². The Balaban J connectivity index is 2.76. The van der Waals surface area contributed by atoms with Crippen LogP contribution >= 0.6 is 15.9 Å². The lowest BCUT2D eigenvalue weighted by molar-refractivity contribution is 0.501. The molecular formula is C12H14BrNO. The molecule has 0 radical (unpaired) electrons. The maximum absolute atomic E-state index is 5.71. The molecule has 0 spiro atoms. The smallest absolute Gasteiger partial charge is 0.198 e. The van der Waals surface area contributed by atoms with E-state index in [0.717, 1.165) is 27.0 Å². The second kappa shape index (κ2) is 3.63. The van der Waals surface area contributed by atoms with Crippen LogP contribution in [0.2, 0.25) is 0 Å². The lowest BCUT2D eigenvalue weighted by Gasteiger charge is -2.01. The molecule has 1 aromatic carbocycles. The minimum absolute atomic E-state index is 0.330. The van der Waals surface area contributed by atoms with Crippen molar-refractivity contribution in [3.63, 3.8) is 0 Å². The van der Waals surface area contributed by atoms with Gasteiger partial charge in [-0.05, 0) is 31.0 Å². The molecule has 1 heterocycles. The predicted molar refractivity (Wildman–Crippen MR) is 65.3 cm³/mol. The predicted octanol–water partition coefficient (Wildman–Crippen LogP) is 4.33. The van der Waals surface area contributed by atoms with E-state index in [2.05, 4.69) is 48.6 Å². The van der Waals surface area contributed by atoms with Crippen LogP contribution in [-0.4, -0.2) is 4.98 Å². The van der Waals surface area contributed by atoms with Gasteiger partial charge in [0.1, 0.15) is 5.52 Å². The van der Waals surface area contributed by atoms with Gasteiger partial charge < -0.3 is 4.42 Å². The van der Waals surface area contributed by atoms with Crippen LogP contribution in [0.5, 0.6) is 0 Å². The second-order valence-corrected chi connectivity index (χ2v) is 4.98. The number of nitrogens with zero attached hydrogens (tertiary/aromatic N) is 1. The van der Waals surface area contributed by atoms with Crippen molar-refractivity contribution in [2.45, 2.75) is 33.6 Å². The van der Waals surface area contributed by atoms with Crippen molar-refractivity contribution in [2.24, 2.45) is 0 Å². The van der Waals surface area contributed by atoms with Crippen molar-refractivity contribution in [2.75, 3.05) is 0 Å². The van der Waals surface area contributed by atoms with Gasteiger partial charge in [-0.15, -0.1) is 0 Å². The van der Waals surface area contributed by atoms with Crippen molar-refractivity contribution in [1.29, 1.82) is 0 Å². The summed E-state index contributed by atoms with van der Waals surface area (Å²) in [5, 5.41) is 0. The first kappa shape index (κ1) is 10.7. The average Bonchev–Trinajstić information content (AvgIpc) is 2.58. The quantitative estimate of drug-likeness (QED) is 0.769. The number of aromatic nitrogens is 1. The molecule has 0 bridgehead atoms. The molecule has 0 aliphatic rings. The van der Waals surface area contributed by atoms with Crippen LogP contribution in [0.25, 0.3) is 11.1 Å². The van der Waals surface area contributed by atoms with E-state index >= 15 is 0 Å². The Morgan fingerprint density at radius 2 is 2.00 bits per heavy atom. The van der Waals surface area contributed by atoms with Gasteiger partial charge in [0, 0.05) is 10.4 Å². The number of oxazole rings is 1. The van der Waals surface area contributed by atoms with E-state index < -0.39 is 0 Å². The standard InChI is InChI=1S/C12H14BrNO/c1-6(2)12-14-11-8(4)10(13)7(3)5-9(11)15-12/h5-6H,1-4H3. The molecule has 2 nitrogen and oxygen atoms in total. The third-order valence-corrected chi connectivity index (χ3v) is 3.76. The van der Waals surface area contributed by atoms with Gasteiger partial charge in [0.2, 0.25) is 0 Å². The first-order valence-electron chi connectivity index (χ1n) is 5.07. The second-order valence-electron chi connectivity index (χ2n) is 4.19. The highest BCUT2D eigenvalue weighted by Crippen LogP contribution is 2.30. The topological polar surface area (TPSA) is 26.0 Å². The Morgan fingerprint density at radius 3 is 2.60 bits per heavy atom. The first-order valence-corrected chi connectivity index (χ1v) is 5.86.